The minimum Gasteiger partial charge on any atom is -0.493 e. The number of aryl methyl sites for hydroxylation is 1. The number of ether oxygens (including phenoxy) is 2. The molecule has 4 amide bonds. The zero-order valence-electron chi connectivity index (χ0n) is 21.1. The number of rotatable bonds is 8. The average molecular weight is 603 g/mol. The summed E-state index contributed by atoms with van der Waals surface area (Å²) < 4.78 is 11.7. The van der Waals surface area contributed by atoms with Gasteiger partial charge in [-0.05, 0) is 89.8 Å². The third-order valence-corrected chi connectivity index (χ3v) is 7.60. The van der Waals surface area contributed by atoms with Crippen LogP contribution >= 0.6 is 27.7 Å². The van der Waals surface area contributed by atoms with Gasteiger partial charge in [-0.15, -0.1) is 0 Å². The van der Waals surface area contributed by atoms with Crippen LogP contribution in [0.15, 0.2) is 45.8 Å². The first kappa shape index (κ1) is 27.7. The second-order valence-corrected chi connectivity index (χ2v) is 10.8. The van der Waals surface area contributed by atoms with E-state index >= 15 is 0 Å². The largest absolute Gasteiger partial charge is 0.493 e. The van der Waals surface area contributed by atoms with Gasteiger partial charge in [0.1, 0.15) is 6.54 Å². The van der Waals surface area contributed by atoms with Gasteiger partial charge < -0.3 is 19.7 Å². The van der Waals surface area contributed by atoms with Gasteiger partial charge in [0.25, 0.3) is 17.1 Å². The van der Waals surface area contributed by atoms with Crippen LogP contribution in [-0.4, -0.2) is 66.1 Å². The van der Waals surface area contributed by atoms with Gasteiger partial charge in [-0.1, -0.05) is 17.7 Å². The lowest BCUT2D eigenvalue weighted by Gasteiger charge is -2.27. The molecule has 2 aliphatic rings. The van der Waals surface area contributed by atoms with E-state index in [9.17, 15) is 19.2 Å². The molecule has 0 atom stereocenters. The molecule has 200 valence electrons. The number of hydrogen-bond acceptors (Lipinski definition) is 7. The summed E-state index contributed by atoms with van der Waals surface area (Å²) in [5.41, 5.74) is 2.33. The number of benzene rings is 2. The Morgan fingerprint density at radius 3 is 2.50 bits per heavy atom. The van der Waals surface area contributed by atoms with Crippen molar-refractivity contribution >= 4 is 62.4 Å². The fourth-order valence-electron chi connectivity index (χ4n) is 4.10. The Morgan fingerprint density at radius 2 is 1.82 bits per heavy atom. The standard InChI is InChI=1S/C27H28BrN3O6S/c1-17-6-8-19(9-7-17)29-23(32)16-37-25-20(28)12-18(13-21(25)36-2)14-22-26(34)31(27(35)38-22)15-24(33)30-10-4-3-5-11-30/h6-9,12-14H,3-5,10-11,15-16H2,1-2H3,(H,29,32)/b22-14-. The molecular weight excluding hydrogens is 574 g/mol. The number of nitrogens with zero attached hydrogens (tertiary/aromatic N) is 2. The van der Waals surface area contributed by atoms with Gasteiger partial charge in [0.15, 0.2) is 18.1 Å². The van der Waals surface area contributed by atoms with Crippen molar-refractivity contribution in [3.05, 3.63) is 56.9 Å². The molecule has 0 spiro atoms. The maximum atomic E-state index is 12.9. The third-order valence-electron chi connectivity index (χ3n) is 6.11. The summed E-state index contributed by atoms with van der Waals surface area (Å²) in [5, 5.41) is 2.30. The molecule has 11 heteroatoms. The summed E-state index contributed by atoms with van der Waals surface area (Å²) in [4.78, 5) is 53.3. The molecule has 0 aromatic heterocycles. The molecule has 2 heterocycles. The van der Waals surface area contributed by atoms with Gasteiger partial charge in [0.05, 0.1) is 16.5 Å². The summed E-state index contributed by atoms with van der Waals surface area (Å²) in [7, 11) is 1.46. The Kier molecular flexibility index (Phi) is 9.11. The van der Waals surface area contributed by atoms with Crippen LogP contribution in [0.2, 0.25) is 0 Å². The number of imide groups is 1. The molecule has 0 radical (unpaired) electrons. The molecule has 2 aromatic rings. The van der Waals surface area contributed by atoms with E-state index in [0.717, 1.165) is 41.5 Å². The summed E-state index contributed by atoms with van der Waals surface area (Å²) >= 11 is 4.24. The van der Waals surface area contributed by atoms with Crippen molar-refractivity contribution in [1.82, 2.24) is 9.80 Å². The highest BCUT2D eigenvalue weighted by atomic mass is 79.9. The molecular formula is C27H28BrN3O6S. The molecule has 0 saturated carbocycles. The Hall–Kier alpha value is -3.31. The van der Waals surface area contributed by atoms with Crippen molar-refractivity contribution in [1.29, 1.82) is 0 Å². The number of carbonyl (C=O) groups is 4. The number of likely N-dealkylation sites (tertiary alicyclic amines) is 1. The Balaban J connectivity index is 1.42. The lowest BCUT2D eigenvalue weighted by Crippen LogP contribution is -2.44. The molecule has 0 unspecified atom stereocenters. The van der Waals surface area contributed by atoms with E-state index in [1.165, 1.54) is 7.11 Å². The number of nitrogens with one attached hydrogen (secondary N) is 1. The third kappa shape index (κ3) is 6.76. The molecule has 2 aromatic carbocycles. The number of anilines is 1. The van der Waals surface area contributed by atoms with Gasteiger partial charge in [0.2, 0.25) is 5.91 Å². The van der Waals surface area contributed by atoms with E-state index in [1.54, 1.807) is 23.1 Å². The van der Waals surface area contributed by atoms with Crippen LogP contribution in [0, 0.1) is 6.92 Å². The summed E-state index contributed by atoms with van der Waals surface area (Å²) in [5.74, 6) is -0.393. The fourth-order valence-corrected chi connectivity index (χ4v) is 5.51. The Bertz CT molecular complexity index is 1270. The topological polar surface area (TPSA) is 105 Å². The monoisotopic (exact) mass is 601 g/mol. The summed E-state index contributed by atoms with van der Waals surface area (Å²) in [6.45, 7) is 2.77. The number of hydrogen-bond donors (Lipinski definition) is 1. The number of amides is 4. The van der Waals surface area contributed by atoms with Crippen LogP contribution < -0.4 is 14.8 Å². The molecule has 2 aliphatic heterocycles. The number of halogens is 1. The molecule has 2 fully saturated rings. The van der Waals surface area contributed by atoms with Crippen LogP contribution in [0.4, 0.5) is 10.5 Å². The maximum absolute atomic E-state index is 12.9. The van der Waals surface area contributed by atoms with Gasteiger partial charge in [0, 0.05) is 18.8 Å². The smallest absolute Gasteiger partial charge is 0.294 e. The predicted octanol–water partition coefficient (Wildman–Crippen LogP) is 4.83. The van der Waals surface area contributed by atoms with Crippen molar-refractivity contribution in [2.45, 2.75) is 26.2 Å². The fraction of sp³-hybridized carbons (Fsp3) is 0.333. The highest BCUT2D eigenvalue weighted by Crippen LogP contribution is 2.39. The summed E-state index contributed by atoms with van der Waals surface area (Å²) in [6, 6.07) is 10.8. The molecule has 0 aliphatic carbocycles. The first-order chi connectivity index (χ1) is 18.2. The van der Waals surface area contributed by atoms with Crippen LogP contribution in [0.25, 0.3) is 6.08 Å². The van der Waals surface area contributed by atoms with Crippen LogP contribution in [0.1, 0.15) is 30.4 Å². The number of carbonyl (C=O) groups excluding carboxylic acids is 4. The Morgan fingerprint density at radius 1 is 1.11 bits per heavy atom. The highest BCUT2D eigenvalue weighted by Gasteiger charge is 2.37. The van der Waals surface area contributed by atoms with Gasteiger partial charge in [-0.25, -0.2) is 0 Å². The second-order valence-electron chi connectivity index (χ2n) is 8.95. The van der Waals surface area contributed by atoms with Crippen LogP contribution in [0.3, 0.4) is 0 Å². The van der Waals surface area contributed by atoms with Gasteiger partial charge in [-0.2, -0.15) is 0 Å². The SMILES string of the molecule is COc1cc(/C=C2\SC(=O)N(CC(=O)N3CCCCC3)C2=O)cc(Br)c1OCC(=O)Nc1ccc(C)cc1. The normalized spacial score (nSPS) is 16.7. The minimum atomic E-state index is -0.506. The van der Waals surface area contributed by atoms with Crippen molar-refractivity contribution in [3.8, 4) is 11.5 Å². The van der Waals surface area contributed by atoms with E-state index in [-0.39, 0.29) is 29.9 Å². The molecule has 2 saturated heterocycles. The van der Waals surface area contributed by atoms with Gasteiger partial charge in [-0.3, -0.25) is 24.1 Å². The predicted molar refractivity (Wildman–Crippen MR) is 149 cm³/mol. The van der Waals surface area contributed by atoms with E-state index in [2.05, 4.69) is 21.2 Å². The van der Waals surface area contributed by atoms with E-state index < -0.39 is 11.1 Å². The molecule has 1 N–H and O–H groups in total. The number of methoxy groups -OCH3 is 1. The average Bonchev–Trinajstić information content (AvgIpc) is 3.16. The zero-order chi connectivity index (χ0) is 27.2. The summed E-state index contributed by atoms with van der Waals surface area (Å²) in [6.07, 6.45) is 4.51. The quantitative estimate of drug-likeness (QED) is 0.432. The minimum absolute atomic E-state index is 0.210. The van der Waals surface area contributed by atoms with Crippen molar-refractivity contribution < 1.29 is 28.7 Å². The van der Waals surface area contributed by atoms with Gasteiger partial charge >= 0.3 is 0 Å². The maximum Gasteiger partial charge on any atom is 0.294 e. The van der Waals surface area contributed by atoms with Crippen LogP contribution in [0.5, 0.6) is 11.5 Å². The molecule has 9 nitrogen and oxygen atoms in total. The first-order valence-electron chi connectivity index (χ1n) is 12.1. The lowest BCUT2D eigenvalue weighted by molar-refractivity contribution is -0.136. The molecule has 4 rings (SSSR count). The van der Waals surface area contributed by atoms with Crippen molar-refractivity contribution in [3.63, 3.8) is 0 Å². The second kappa shape index (κ2) is 12.5. The van der Waals surface area contributed by atoms with Crippen LogP contribution in [-0.2, 0) is 14.4 Å². The molecule has 0 bridgehead atoms. The van der Waals surface area contributed by atoms with Crippen molar-refractivity contribution in [2.75, 3.05) is 38.7 Å². The van der Waals surface area contributed by atoms with E-state index in [4.69, 9.17) is 9.47 Å². The van der Waals surface area contributed by atoms with Crippen molar-refractivity contribution in [2.24, 2.45) is 0 Å². The number of thioether (sulfide) groups is 1. The molecule has 38 heavy (non-hydrogen) atoms. The first-order valence-corrected chi connectivity index (χ1v) is 13.8. The Labute approximate surface area is 233 Å². The number of piperidine rings is 1. The highest BCUT2D eigenvalue weighted by molar-refractivity contribution is 9.10. The van der Waals surface area contributed by atoms with E-state index in [0.29, 0.717) is 40.3 Å². The lowest BCUT2D eigenvalue weighted by atomic mass is 10.1. The van der Waals surface area contributed by atoms with E-state index in [1.807, 2.05) is 31.2 Å². The zero-order valence-corrected chi connectivity index (χ0v) is 23.5.